The molecular formula is C11H21NO2. The van der Waals surface area contributed by atoms with Crippen LogP contribution < -0.4 is 0 Å². The number of hydrogen-bond donors (Lipinski definition) is 1. The first-order valence-corrected chi connectivity index (χ1v) is 5.39. The highest BCUT2D eigenvalue weighted by molar-refractivity contribution is 5.68. The molecule has 0 aromatic heterocycles. The van der Waals surface area contributed by atoms with E-state index in [1.54, 1.807) is 0 Å². The quantitative estimate of drug-likeness (QED) is 0.752. The van der Waals surface area contributed by atoms with E-state index in [0.717, 1.165) is 18.8 Å². The van der Waals surface area contributed by atoms with Crippen molar-refractivity contribution in [1.82, 2.24) is 4.90 Å². The van der Waals surface area contributed by atoms with Crippen LogP contribution in [0.25, 0.3) is 0 Å². The van der Waals surface area contributed by atoms with Crippen molar-refractivity contribution in [1.29, 1.82) is 0 Å². The van der Waals surface area contributed by atoms with E-state index in [9.17, 15) is 4.79 Å². The molecule has 0 aliphatic heterocycles. The van der Waals surface area contributed by atoms with Gasteiger partial charge >= 0.3 is 5.97 Å². The highest BCUT2D eigenvalue weighted by atomic mass is 16.4. The lowest BCUT2D eigenvalue weighted by atomic mass is 9.90. The van der Waals surface area contributed by atoms with Crippen LogP contribution in [0.3, 0.4) is 0 Å². The van der Waals surface area contributed by atoms with E-state index in [2.05, 4.69) is 11.8 Å². The van der Waals surface area contributed by atoms with Crippen LogP contribution in [-0.4, -0.2) is 35.6 Å². The van der Waals surface area contributed by atoms with Crippen molar-refractivity contribution in [3.63, 3.8) is 0 Å². The summed E-state index contributed by atoms with van der Waals surface area (Å²) in [4.78, 5) is 12.9. The molecule has 3 nitrogen and oxygen atoms in total. The van der Waals surface area contributed by atoms with Crippen LogP contribution in [0.1, 0.15) is 39.0 Å². The van der Waals surface area contributed by atoms with Gasteiger partial charge in [-0.05, 0) is 39.3 Å². The lowest BCUT2D eigenvalue weighted by Gasteiger charge is -2.35. The van der Waals surface area contributed by atoms with Gasteiger partial charge in [-0.3, -0.25) is 4.79 Å². The first-order valence-electron chi connectivity index (χ1n) is 5.39. The Hall–Kier alpha value is -0.570. The van der Waals surface area contributed by atoms with Crippen LogP contribution in [0, 0.1) is 5.92 Å². The minimum absolute atomic E-state index is 0.0769. The zero-order chi connectivity index (χ0) is 10.8. The van der Waals surface area contributed by atoms with Crippen molar-refractivity contribution < 1.29 is 9.90 Å². The first-order chi connectivity index (χ1) is 6.50. The van der Waals surface area contributed by atoms with Gasteiger partial charge in [0.25, 0.3) is 0 Å². The largest absolute Gasteiger partial charge is 0.481 e. The predicted octanol–water partition coefficient (Wildman–Crippen LogP) is 1.97. The molecule has 82 valence electrons. The van der Waals surface area contributed by atoms with Gasteiger partial charge in [-0.1, -0.05) is 13.3 Å². The second kappa shape index (κ2) is 4.30. The van der Waals surface area contributed by atoms with Gasteiger partial charge in [0.15, 0.2) is 0 Å². The molecule has 0 heterocycles. The van der Waals surface area contributed by atoms with Crippen LogP contribution in [0.5, 0.6) is 0 Å². The van der Waals surface area contributed by atoms with E-state index < -0.39 is 5.97 Å². The van der Waals surface area contributed by atoms with E-state index in [1.165, 1.54) is 12.8 Å². The number of hydrogen-bond acceptors (Lipinski definition) is 2. The van der Waals surface area contributed by atoms with Gasteiger partial charge in [0.2, 0.25) is 0 Å². The van der Waals surface area contributed by atoms with E-state index in [4.69, 9.17) is 5.11 Å². The Balaban J connectivity index is 2.70. The molecule has 1 fully saturated rings. The molecule has 3 heteroatoms. The third kappa shape index (κ3) is 2.27. The fourth-order valence-electron chi connectivity index (χ4n) is 2.57. The highest BCUT2D eigenvalue weighted by Crippen LogP contribution is 2.41. The van der Waals surface area contributed by atoms with Gasteiger partial charge in [0.1, 0.15) is 0 Å². The molecule has 0 spiro atoms. The van der Waals surface area contributed by atoms with Crippen molar-refractivity contribution in [3.8, 4) is 0 Å². The highest BCUT2D eigenvalue weighted by Gasteiger charge is 2.41. The predicted molar refractivity (Wildman–Crippen MR) is 56.3 cm³/mol. The molecule has 0 bridgehead atoms. The van der Waals surface area contributed by atoms with Crippen molar-refractivity contribution in [2.75, 3.05) is 14.1 Å². The van der Waals surface area contributed by atoms with Crippen LogP contribution in [0.2, 0.25) is 0 Å². The summed E-state index contributed by atoms with van der Waals surface area (Å²) in [5.74, 6) is 0.0483. The summed E-state index contributed by atoms with van der Waals surface area (Å²) in [5.41, 5.74) is -0.0769. The minimum atomic E-state index is -0.671. The monoisotopic (exact) mass is 199 g/mol. The summed E-state index contributed by atoms with van der Waals surface area (Å²) in [6, 6.07) is 0. The average Bonchev–Trinajstić information content (AvgIpc) is 2.48. The van der Waals surface area contributed by atoms with Gasteiger partial charge in [0.05, 0.1) is 6.42 Å². The lowest BCUT2D eigenvalue weighted by molar-refractivity contribution is -0.140. The zero-order valence-corrected chi connectivity index (χ0v) is 9.42. The van der Waals surface area contributed by atoms with Gasteiger partial charge < -0.3 is 10.0 Å². The molecule has 1 saturated carbocycles. The third-order valence-corrected chi connectivity index (χ3v) is 3.69. The number of carbonyl (C=O) groups is 1. The van der Waals surface area contributed by atoms with Crippen LogP contribution in [-0.2, 0) is 4.79 Å². The van der Waals surface area contributed by atoms with Crippen molar-refractivity contribution in [2.45, 2.75) is 44.6 Å². The maximum absolute atomic E-state index is 10.8. The molecule has 0 aromatic rings. The molecule has 2 atom stereocenters. The second-order valence-corrected chi connectivity index (χ2v) is 4.71. The number of aliphatic carboxylic acids is 1. The first kappa shape index (κ1) is 11.5. The van der Waals surface area contributed by atoms with Crippen molar-refractivity contribution >= 4 is 5.97 Å². The fourth-order valence-corrected chi connectivity index (χ4v) is 2.57. The van der Waals surface area contributed by atoms with E-state index >= 15 is 0 Å². The third-order valence-electron chi connectivity index (χ3n) is 3.69. The van der Waals surface area contributed by atoms with E-state index in [0.29, 0.717) is 0 Å². The van der Waals surface area contributed by atoms with Crippen LogP contribution >= 0.6 is 0 Å². The molecule has 0 amide bonds. The van der Waals surface area contributed by atoms with E-state index in [-0.39, 0.29) is 12.0 Å². The molecule has 1 aliphatic carbocycles. The molecular weight excluding hydrogens is 178 g/mol. The average molecular weight is 199 g/mol. The molecule has 1 rings (SSSR count). The maximum Gasteiger partial charge on any atom is 0.305 e. The summed E-state index contributed by atoms with van der Waals surface area (Å²) in [6.07, 6.45) is 4.72. The van der Waals surface area contributed by atoms with Gasteiger partial charge in [-0.15, -0.1) is 0 Å². The molecule has 0 radical (unpaired) electrons. The minimum Gasteiger partial charge on any atom is -0.481 e. The van der Waals surface area contributed by atoms with Gasteiger partial charge in [-0.2, -0.15) is 0 Å². The SMILES string of the molecule is CCC1CCC(CC(=O)O)(N(C)C)C1. The lowest BCUT2D eigenvalue weighted by Crippen LogP contribution is -2.43. The fraction of sp³-hybridized carbons (Fsp3) is 0.909. The van der Waals surface area contributed by atoms with Crippen LogP contribution in [0.15, 0.2) is 0 Å². The Labute approximate surface area is 86.1 Å². The summed E-state index contributed by atoms with van der Waals surface area (Å²) >= 11 is 0. The van der Waals surface area contributed by atoms with Gasteiger partial charge in [-0.25, -0.2) is 0 Å². The van der Waals surface area contributed by atoms with Gasteiger partial charge in [0, 0.05) is 5.54 Å². The molecule has 1 N–H and O–H groups in total. The number of nitrogens with zero attached hydrogens (tertiary/aromatic N) is 1. The summed E-state index contributed by atoms with van der Waals surface area (Å²) in [6.45, 7) is 2.19. The zero-order valence-electron chi connectivity index (χ0n) is 9.42. The number of rotatable bonds is 4. The maximum atomic E-state index is 10.8. The normalized spacial score (nSPS) is 32.4. The Morgan fingerprint density at radius 3 is 2.57 bits per heavy atom. The molecule has 14 heavy (non-hydrogen) atoms. The van der Waals surface area contributed by atoms with Crippen LogP contribution in [0.4, 0.5) is 0 Å². The second-order valence-electron chi connectivity index (χ2n) is 4.71. The Kier molecular flexibility index (Phi) is 3.53. The molecule has 2 unspecified atom stereocenters. The topological polar surface area (TPSA) is 40.5 Å². The number of carboxylic acid groups (broad SMARTS) is 1. The Morgan fingerprint density at radius 2 is 2.21 bits per heavy atom. The molecule has 0 aromatic carbocycles. The summed E-state index contributed by atoms with van der Waals surface area (Å²) < 4.78 is 0. The Bertz CT molecular complexity index is 215. The Morgan fingerprint density at radius 1 is 1.57 bits per heavy atom. The molecule has 1 aliphatic rings. The summed E-state index contributed by atoms with van der Waals surface area (Å²) in [7, 11) is 4.00. The van der Waals surface area contributed by atoms with Crippen molar-refractivity contribution in [3.05, 3.63) is 0 Å². The van der Waals surface area contributed by atoms with Crippen molar-refractivity contribution in [2.24, 2.45) is 5.92 Å². The molecule has 0 saturated heterocycles. The summed E-state index contributed by atoms with van der Waals surface area (Å²) in [5, 5.41) is 8.92. The smallest absolute Gasteiger partial charge is 0.305 e. The standard InChI is InChI=1S/C11H21NO2/c1-4-9-5-6-11(7-9,12(2)3)8-10(13)14/h9H,4-8H2,1-3H3,(H,13,14). The van der Waals surface area contributed by atoms with E-state index in [1.807, 2.05) is 14.1 Å². The number of carboxylic acids is 1.